The van der Waals surface area contributed by atoms with E-state index >= 15 is 0 Å². The predicted octanol–water partition coefficient (Wildman–Crippen LogP) is 1.71. The molecule has 1 unspecified atom stereocenters. The number of phenols is 1. The van der Waals surface area contributed by atoms with Crippen molar-refractivity contribution in [3.8, 4) is 11.5 Å². The van der Waals surface area contributed by atoms with Crippen molar-refractivity contribution in [2.75, 3.05) is 20.3 Å². The third-order valence-electron chi connectivity index (χ3n) is 3.61. The molecular weight excluding hydrogens is 253 g/mol. The van der Waals surface area contributed by atoms with Gasteiger partial charge in [-0.05, 0) is 25.0 Å². The zero-order valence-corrected chi connectivity index (χ0v) is 11.1. The van der Waals surface area contributed by atoms with Gasteiger partial charge < -0.3 is 14.4 Å². The molecule has 0 bridgehead atoms. The molecule has 98 valence electrons. The lowest BCUT2D eigenvalue weighted by Crippen LogP contribution is -2.25. The first kappa shape index (κ1) is 12.0. The fourth-order valence-corrected chi connectivity index (χ4v) is 5.48. The number of nitrogens with zero attached hydrogens (tertiary/aromatic N) is 1. The molecule has 2 saturated heterocycles. The second kappa shape index (κ2) is 4.26. The molecular formula is C12H16NO4P. The maximum atomic E-state index is 13.1. The van der Waals surface area contributed by atoms with Gasteiger partial charge in [0.2, 0.25) is 0 Å². The minimum absolute atomic E-state index is 0.0229. The molecule has 2 fully saturated rings. The van der Waals surface area contributed by atoms with Gasteiger partial charge in [-0.3, -0.25) is 4.57 Å². The average molecular weight is 269 g/mol. The number of aromatic hydroxyl groups is 1. The molecule has 18 heavy (non-hydrogen) atoms. The topological polar surface area (TPSA) is 59.0 Å². The van der Waals surface area contributed by atoms with Gasteiger partial charge >= 0.3 is 7.52 Å². The van der Waals surface area contributed by atoms with Crippen LogP contribution in [0.25, 0.3) is 0 Å². The van der Waals surface area contributed by atoms with Crippen LogP contribution < -0.4 is 10.0 Å². The van der Waals surface area contributed by atoms with Crippen molar-refractivity contribution in [1.82, 2.24) is 4.67 Å². The minimum Gasteiger partial charge on any atom is -0.507 e. The van der Waals surface area contributed by atoms with Crippen LogP contribution in [0, 0.1) is 0 Å². The Labute approximate surface area is 106 Å². The lowest BCUT2D eigenvalue weighted by Gasteiger charge is -2.23. The maximum Gasteiger partial charge on any atom is 0.310 e. The summed E-state index contributed by atoms with van der Waals surface area (Å²) in [7, 11) is -1.66. The number of rotatable bonds is 2. The van der Waals surface area contributed by atoms with Gasteiger partial charge in [0.25, 0.3) is 0 Å². The summed E-state index contributed by atoms with van der Waals surface area (Å²) in [6.45, 7) is 1.22. The fraction of sp³-hybridized carbons (Fsp3) is 0.500. The van der Waals surface area contributed by atoms with E-state index in [-0.39, 0.29) is 11.8 Å². The van der Waals surface area contributed by atoms with Gasteiger partial charge in [0.05, 0.1) is 13.7 Å². The van der Waals surface area contributed by atoms with Crippen molar-refractivity contribution in [2.45, 2.75) is 18.9 Å². The number of methoxy groups -OCH3 is 1. The largest absolute Gasteiger partial charge is 0.507 e. The zero-order chi connectivity index (χ0) is 12.8. The van der Waals surface area contributed by atoms with Gasteiger partial charge in [-0.2, -0.15) is 0 Å². The summed E-state index contributed by atoms with van der Waals surface area (Å²) in [6.07, 6.45) is 2.02. The number of hydrogen-bond donors (Lipinski definition) is 1. The molecule has 2 aliphatic rings. The number of ether oxygens (including phenoxy) is 1. The van der Waals surface area contributed by atoms with Crippen molar-refractivity contribution in [3.63, 3.8) is 0 Å². The van der Waals surface area contributed by atoms with Gasteiger partial charge in [0.1, 0.15) is 16.8 Å². The molecule has 5 nitrogen and oxygen atoms in total. The fourth-order valence-electron chi connectivity index (χ4n) is 2.75. The van der Waals surface area contributed by atoms with Crippen LogP contribution in [-0.2, 0) is 9.09 Å². The van der Waals surface area contributed by atoms with E-state index in [0.717, 1.165) is 19.4 Å². The molecule has 0 spiro atoms. The highest BCUT2D eigenvalue weighted by atomic mass is 31.2. The molecule has 1 N–H and O–H groups in total. The molecule has 0 aromatic heterocycles. The van der Waals surface area contributed by atoms with E-state index in [4.69, 9.17) is 9.26 Å². The third-order valence-corrected chi connectivity index (χ3v) is 6.32. The van der Waals surface area contributed by atoms with Crippen molar-refractivity contribution in [3.05, 3.63) is 18.2 Å². The van der Waals surface area contributed by atoms with Crippen molar-refractivity contribution >= 4 is 12.8 Å². The summed E-state index contributed by atoms with van der Waals surface area (Å²) >= 11 is 0. The Bertz CT molecular complexity index is 519. The first-order valence-corrected chi connectivity index (χ1v) is 7.63. The highest BCUT2D eigenvalue weighted by Crippen LogP contribution is 2.60. The van der Waals surface area contributed by atoms with Crippen LogP contribution in [0.4, 0.5) is 0 Å². The molecule has 0 aliphatic carbocycles. The van der Waals surface area contributed by atoms with Crippen LogP contribution in [0.3, 0.4) is 0 Å². The lowest BCUT2D eigenvalue weighted by atomic mass is 10.2. The Morgan fingerprint density at radius 1 is 1.56 bits per heavy atom. The number of benzene rings is 1. The molecule has 0 amide bonds. The molecule has 1 aromatic carbocycles. The Balaban J connectivity index is 2.12. The summed E-state index contributed by atoms with van der Waals surface area (Å²) in [5.41, 5.74) is 0. The highest BCUT2D eigenvalue weighted by Gasteiger charge is 2.50. The first-order valence-electron chi connectivity index (χ1n) is 6.05. The van der Waals surface area contributed by atoms with Crippen molar-refractivity contribution in [2.24, 2.45) is 0 Å². The smallest absolute Gasteiger partial charge is 0.310 e. The molecule has 1 aromatic rings. The molecule has 0 radical (unpaired) electrons. The summed E-state index contributed by atoms with van der Waals surface area (Å²) in [6, 6.07) is 5.09. The highest BCUT2D eigenvalue weighted by molar-refractivity contribution is 7.65. The Kier molecular flexibility index (Phi) is 2.85. The van der Waals surface area contributed by atoms with E-state index < -0.39 is 7.52 Å². The number of fused-ring (bicyclic) bond motifs is 1. The second-order valence-corrected chi connectivity index (χ2v) is 6.86. The molecule has 3 rings (SSSR count). The van der Waals surface area contributed by atoms with E-state index in [1.165, 1.54) is 13.2 Å². The van der Waals surface area contributed by atoms with Crippen molar-refractivity contribution in [1.29, 1.82) is 0 Å². The van der Waals surface area contributed by atoms with E-state index in [1.807, 2.05) is 4.67 Å². The van der Waals surface area contributed by atoms with Crippen LogP contribution in [0.2, 0.25) is 0 Å². The van der Waals surface area contributed by atoms with Crippen LogP contribution in [0.15, 0.2) is 18.2 Å². The van der Waals surface area contributed by atoms with E-state index in [0.29, 0.717) is 17.7 Å². The maximum absolute atomic E-state index is 13.1. The SMILES string of the molecule is COc1cccc(O)c1P1(=O)OC[C@@H]2CCCN21. The van der Waals surface area contributed by atoms with E-state index in [1.54, 1.807) is 12.1 Å². The van der Waals surface area contributed by atoms with Gasteiger partial charge in [-0.25, -0.2) is 4.67 Å². The average Bonchev–Trinajstić information content (AvgIpc) is 2.94. The Hall–Kier alpha value is -1.03. The molecule has 2 atom stereocenters. The summed E-state index contributed by atoms with van der Waals surface area (Å²) < 4.78 is 25.8. The number of hydrogen-bond acceptors (Lipinski definition) is 4. The Morgan fingerprint density at radius 3 is 3.17 bits per heavy atom. The summed E-state index contributed by atoms with van der Waals surface area (Å²) in [5.74, 6) is 0.399. The predicted molar refractivity (Wildman–Crippen MR) is 67.6 cm³/mol. The molecule has 2 aliphatic heterocycles. The van der Waals surface area contributed by atoms with Crippen LogP contribution >= 0.6 is 7.52 Å². The molecule has 6 heteroatoms. The monoisotopic (exact) mass is 269 g/mol. The molecule has 2 heterocycles. The minimum atomic E-state index is -3.16. The second-order valence-electron chi connectivity index (χ2n) is 4.60. The number of phenolic OH excluding ortho intramolecular Hbond substituents is 1. The van der Waals surface area contributed by atoms with Crippen LogP contribution in [0.5, 0.6) is 11.5 Å². The molecule has 0 saturated carbocycles. The standard InChI is InChI=1S/C12H16NO4P/c1-16-11-6-2-5-10(14)12(11)18(15)13-7-3-4-9(13)8-17-18/h2,5-6,9,14H,3-4,7-8H2,1H3/t9-,18?/m0/s1. The Morgan fingerprint density at radius 2 is 2.39 bits per heavy atom. The van der Waals surface area contributed by atoms with Gasteiger partial charge in [-0.15, -0.1) is 0 Å². The normalized spacial score (nSPS) is 31.5. The van der Waals surface area contributed by atoms with Gasteiger partial charge in [-0.1, -0.05) is 6.07 Å². The quantitative estimate of drug-likeness (QED) is 0.828. The van der Waals surface area contributed by atoms with E-state index in [9.17, 15) is 9.67 Å². The van der Waals surface area contributed by atoms with Gasteiger partial charge in [0.15, 0.2) is 0 Å². The van der Waals surface area contributed by atoms with Crippen LogP contribution in [0.1, 0.15) is 12.8 Å². The summed E-state index contributed by atoms with van der Waals surface area (Å²) in [5, 5.41) is 10.3. The van der Waals surface area contributed by atoms with Gasteiger partial charge in [0, 0.05) is 12.6 Å². The zero-order valence-electron chi connectivity index (χ0n) is 10.2. The lowest BCUT2D eigenvalue weighted by molar-refractivity contribution is 0.330. The van der Waals surface area contributed by atoms with Crippen molar-refractivity contribution < 1.29 is 18.9 Å². The van der Waals surface area contributed by atoms with E-state index in [2.05, 4.69) is 0 Å². The first-order chi connectivity index (χ1) is 8.66. The van der Waals surface area contributed by atoms with Crippen LogP contribution in [-0.4, -0.2) is 36.1 Å². The summed E-state index contributed by atoms with van der Waals surface area (Å²) in [4.78, 5) is 0. The third kappa shape index (κ3) is 1.58.